The summed E-state index contributed by atoms with van der Waals surface area (Å²) in [6, 6.07) is 27.9. The molecular formula is C40H50N2O4. The number of phenols is 1. The van der Waals surface area contributed by atoms with Crippen LogP contribution < -0.4 is 10.1 Å². The first-order valence-corrected chi connectivity index (χ1v) is 17.2. The van der Waals surface area contributed by atoms with E-state index in [-0.39, 0.29) is 5.75 Å². The number of carbonyl (C=O) groups is 1. The molecular weight excluding hydrogens is 572 g/mol. The Morgan fingerprint density at radius 2 is 1.30 bits per heavy atom. The van der Waals surface area contributed by atoms with Crippen LogP contribution in [0, 0.1) is 0 Å². The number of fused-ring (bicyclic) bond motifs is 1. The molecule has 0 saturated heterocycles. The van der Waals surface area contributed by atoms with Gasteiger partial charge in [-0.3, -0.25) is 10.2 Å². The molecule has 46 heavy (non-hydrogen) atoms. The third kappa shape index (κ3) is 11.6. The van der Waals surface area contributed by atoms with Crippen LogP contribution in [-0.2, 0) is 4.84 Å². The zero-order valence-corrected chi connectivity index (χ0v) is 27.4. The molecule has 4 aromatic rings. The molecule has 4 rings (SSSR count). The van der Waals surface area contributed by atoms with Gasteiger partial charge < -0.3 is 9.84 Å². The summed E-state index contributed by atoms with van der Waals surface area (Å²) < 4.78 is 5.94. The van der Waals surface area contributed by atoms with Crippen molar-refractivity contribution in [2.45, 2.75) is 96.8 Å². The van der Waals surface area contributed by atoms with E-state index in [4.69, 9.17) is 9.57 Å². The highest BCUT2D eigenvalue weighted by atomic mass is 16.7. The maximum absolute atomic E-state index is 12.8. The van der Waals surface area contributed by atoms with Crippen LogP contribution in [-0.4, -0.2) is 23.5 Å². The van der Waals surface area contributed by atoms with Crippen molar-refractivity contribution in [3.8, 4) is 11.5 Å². The van der Waals surface area contributed by atoms with Crippen molar-refractivity contribution in [3.63, 3.8) is 0 Å². The molecule has 6 nitrogen and oxygen atoms in total. The highest BCUT2D eigenvalue weighted by molar-refractivity contribution is 6.14. The van der Waals surface area contributed by atoms with E-state index >= 15 is 0 Å². The van der Waals surface area contributed by atoms with Gasteiger partial charge in [-0.15, -0.1) is 0 Å². The molecule has 0 aliphatic carbocycles. The van der Waals surface area contributed by atoms with Crippen LogP contribution in [0.3, 0.4) is 0 Å². The number of anilines is 1. The highest BCUT2D eigenvalue weighted by Gasteiger charge is 2.15. The van der Waals surface area contributed by atoms with Crippen molar-refractivity contribution < 1.29 is 19.5 Å². The summed E-state index contributed by atoms with van der Waals surface area (Å²) in [5.74, 6) is 0.595. The summed E-state index contributed by atoms with van der Waals surface area (Å²) in [5, 5.41) is 19.8. The van der Waals surface area contributed by atoms with Gasteiger partial charge in [0.25, 0.3) is 0 Å². The van der Waals surface area contributed by atoms with Crippen LogP contribution in [0.15, 0.2) is 96.2 Å². The van der Waals surface area contributed by atoms with Gasteiger partial charge in [0.1, 0.15) is 17.2 Å². The van der Waals surface area contributed by atoms with Crippen molar-refractivity contribution in [1.29, 1.82) is 0 Å². The number of nitrogens with one attached hydrogen (secondary N) is 1. The van der Waals surface area contributed by atoms with E-state index in [1.54, 1.807) is 12.1 Å². The molecule has 0 radical (unpaired) electrons. The van der Waals surface area contributed by atoms with Crippen LogP contribution in [0.25, 0.3) is 10.8 Å². The number of ether oxygens (including phenoxy) is 1. The first-order chi connectivity index (χ1) is 22.7. The second-order valence-electron chi connectivity index (χ2n) is 12.0. The van der Waals surface area contributed by atoms with Crippen LogP contribution in [0.2, 0.25) is 0 Å². The smallest absolute Gasteiger partial charge is 0.437 e. The lowest BCUT2D eigenvalue weighted by Crippen LogP contribution is -2.13. The molecule has 0 saturated carbocycles. The summed E-state index contributed by atoms with van der Waals surface area (Å²) in [4.78, 5) is 18.1. The lowest BCUT2D eigenvalue weighted by molar-refractivity contribution is 0.166. The number of carbonyl (C=O) groups excluding carboxylic acids is 1. The zero-order valence-electron chi connectivity index (χ0n) is 27.4. The second kappa shape index (κ2) is 19.9. The molecule has 1 amide bonds. The van der Waals surface area contributed by atoms with Crippen LogP contribution in [0.1, 0.15) is 108 Å². The monoisotopic (exact) mass is 622 g/mol. The minimum atomic E-state index is -0.725. The van der Waals surface area contributed by atoms with Gasteiger partial charge >= 0.3 is 6.09 Å². The van der Waals surface area contributed by atoms with Crippen LogP contribution in [0.4, 0.5) is 10.5 Å². The van der Waals surface area contributed by atoms with Crippen molar-refractivity contribution in [1.82, 2.24) is 0 Å². The number of hydrogen-bond donors (Lipinski definition) is 2. The van der Waals surface area contributed by atoms with E-state index in [0.29, 0.717) is 34.9 Å². The third-order valence-corrected chi connectivity index (χ3v) is 8.28. The molecule has 244 valence electrons. The maximum atomic E-state index is 12.8. The molecule has 0 unspecified atom stereocenters. The van der Waals surface area contributed by atoms with Crippen LogP contribution in [0.5, 0.6) is 11.5 Å². The fraction of sp³-hybridized carbons (Fsp3) is 0.400. The number of amides is 1. The Morgan fingerprint density at radius 3 is 1.98 bits per heavy atom. The Kier molecular flexibility index (Phi) is 15.0. The van der Waals surface area contributed by atoms with Crippen molar-refractivity contribution in [2.24, 2.45) is 5.16 Å². The molecule has 2 N–H and O–H groups in total. The van der Waals surface area contributed by atoms with E-state index in [1.165, 1.54) is 77.0 Å². The van der Waals surface area contributed by atoms with Gasteiger partial charge in [-0.1, -0.05) is 162 Å². The van der Waals surface area contributed by atoms with Gasteiger partial charge in [0, 0.05) is 22.6 Å². The largest absolute Gasteiger partial charge is 0.507 e. The Balaban J connectivity index is 1.22. The quantitative estimate of drug-likeness (QED) is 0.0445. The fourth-order valence-electron chi connectivity index (χ4n) is 5.70. The molecule has 0 atom stereocenters. The number of hydrogen-bond acceptors (Lipinski definition) is 5. The first kappa shape index (κ1) is 34.6. The standard InChI is InChI=1S/C40H50N2O4/c1-2-3-4-5-6-7-8-9-10-11-12-13-14-20-30-45-34-28-29-36(38(43)31-34)39(33-23-16-15-17-24-33)42-46-40(44)41-37-27-21-25-32-22-18-19-26-35(32)37/h15-19,21-29,31,43H,2-14,20,30H2,1H3,(H,41,44)/b42-39+. The van der Waals surface area contributed by atoms with E-state index in [9.17, 15) is 9.90 Å². The first-order valence-electron chi connectivity index (χ1n) is 17.2. The molecule has 0 aliphatic rings. The van der Waals surface area contributed by atoms with Crippen molar-refractivity contribution >= 4 is 28.3 Å². The Bertz CT molecular complexity index is 1500. The topological polar surface area (TPSA) is 80.2 Å². The average molecular weight is 623 g/mol. The predicted molar refractivity (Wildman–Crippen MR) is 190 cm³/mol. The number of phenolic OH excluding ortho intramolecular Hbond substituents is 1. The summed E-state index contributed by atoms with van der Waals surface area (Å²) in [5.41, 5.74) is 2.10. The number of unbranched alkanes of at least 4 members (excludes halogenated alkanes) is 13. The normalized spacial score (nSPS) is 11.5. The summed E-state index contributed by atoms with van der Waals surface area (Å²) in [7, 11) is 0. The number of rotatable bonds is 20. The highest BCUT2D eigenvalue weighted by Crippen LogP contribution is 2.28. The predicted octanol–water partition coefficient (Wildman–Crippen LogP) is 11.4. The van der Waals surface area contributed by atoms with Gasteiger partial charge in [-0.2, -0.15) is 0 Å². The van der Waals surface area contributed by atoms with Crippen molar-refractivity contribution in [3.05, 3.63) is 102 Å². The van der Waals surface area contributed by atoms with E-state index < -0.39 is 6.09 Å². The van der Waals surface area contributed by atoms with Gasteiger partial charge in [0.2, 0.25) is 0 Å². The number of nitrogens with zero attached hydrogens (tertiary/aromatic N) is 1. The molecule has 4 aromatic carbocycles. The maximum Gasteiger partial charge on any atom is 0.437 e. The van der Waals surface area contributed by atoms with E-state index in [2.05, 4.69) is 17.4 Å². The molecule has 6 heteroatoms. The second-order valence-corrected chi connectivity index (χ2v) is 12.0. The third-order valence-electron chi connectivity index (χ3n) is 8.28. The average Bonchev–Trinajstić information content (AvgIpc) is 3.08. The SMILES string of the molecule is CCCCCCCCCCCCCCCCOc1ccc(/C(=N/OC(=O)Nc2cccc3ccccc23)c2ccccc2)c(O)c1. The van der Waals surface area contributed by atoms with Gasteiger partial charge in [-0.05, 0) is 30.0 Å². The number of oxime groups is 1. The summed E-state index contributed by atoms with van der Waals surface area (Å²) in [6.45, 7) is 2.88. The fourth-order valence-corrected chi connectivity index (χ4v) is 5.70. The molecule has 0 aromatic heterocycles. The van der Waals surface area contributed by atoms with Gasteiger partial charge in [0.15, 0.2) is 0 Å². The molecule has 0 fully saturated rings. The lowest BCUT2D eigenvalue weighted by Gasteiger charge is -2.12. The van der Waals surface area contributed by atoms with Gasteiger partial charge in [0.05, 0.1) is 12.3 Å². The Morgan fingerprint density at radius 1 is 0.696 bits per heavy atom. The van der Waals surface area contributed by atoms with E-state index in [1.807, 2.05) is 78.9 Å². The lowest BCUT2D eigenvalue weighted by atomic mass is 10.0. The Labute approximate surface area is 274 Å². The van der Waals surface area contributed by atoms with Crippen LogP contribution >= 0.6 is 0 Å². The molecule has 0 aliphatic heterocycles. The minimum absolute atomic E-state index is 0.000811. The van der Waals surface area contributed by atoms with E-state index in [0.717, 1.165) is 23.6 Å². The number of aromatic hydroxyl groups is 1. The molecule has 0 bridgehead atoms. The summed E-state index contributed by atoms with van der Waals surface area (Å²) >= 11 is 0. The Hall–Kier alpha value is -4.32. The van der Waals surface area contributed by atoms with Gasteiger partial charge in [-0.25, -0.2) is 4.79 Å². The molecule has 0 heterocycles. The minimum Gasteiger partial charge on any atom is -0.507 e. The zero-order chi connectivity index (χ0) is 32.2. The molecule has 0 spiro atoms. The number of benzene rings is 4. The summed E-state index contributed by atoms with van der Waals surface area (Å²) in [6.07, 6.45) is 17.7. The van der Waals surface area contributed by atoms with Crippen molar-refractivity contribution in [2.75, 3.05) is 11.9 Å².